The zero-order chi connectivity index (χ0) is 11.5. The van der Waals surface area contributed by atoms with Gasteiger partial charge in [0.1, 0.15) is 0 Å². The number of nitrogens with zero attached hydrogens (tertiary/aromatic N) is 1. The lowest BCUT2D eigenvalue weighted by Crippen LogP contribution is -2.33. The number of hydrogen-bond acceptors (Lipinski definition) is 2. The highest BCUT2D eigenvalue weighted by molar-refractivity contribution is 5.59. The van der Waals surface area contributed by atoms with Crippen LogP contribution in [0.4, 0.5) is 11.4 Å². The van der Waals surface area contributed by atoms with E-state index in [1.54, 1.807) is 0 Å². The Morgan fingerprint density at radius 2 is 2.00 bits per heavy atom. The Balaban J connectivity index is 2.05. The van der Waals surface area contributed by atoms with Gasteiger partial charge in [0, 0.05) is 24.5 Å². The molecule has 16 heavy (non-hydrogen) atoms. The topological polar surface area (TPSA) is 29.3 Å². The van der Waals surface area contributed by atoms with Crippen LogP contribution in [0.1, 0.15) is 31.7 Å². The summed E-state index contributed by atoms with van der Waals surface area (Å²) in [5.41, 5.74) is 9.33. The fraction of sp³-hybridized carbons (Fsp3) is 0.571. The smallest absolute Gasteiger partial charge is 0.0387 e. The van der Waals surface area contributed by atoms with Crippen molar-refractivity contribution in [1.82, 2.24) is 0 Å². The van der Waals surface area contributed by atoms with Gasteiger partial charge in [0.05, 0.1) is 0 Å². The molecule has 2 N–H and O–H groups in total. The summed E-state index contributed by atoms with van der Waals surface area (Å²) in [5, 5.41) is 0. The van der Waals surface area contributed by atoms with Crippen molar-refractivity contribution in [3.63, 3.8) is 0 Å². The van der Waals surface area contributed by atoms with Crippen LogP contribution in [0.5, 0.6) is 0 Å². The molecular weight excluding hydrogens is 196 g/mol. The highest BCUT2D eigenvalue weighted by Crippen LogP contribution is 2.27. The predicted octanol–water partition coefficient (Wildman–Crippen LogP) is 3.20. The molecule has 0 spiro atoms. The number of rotatable bonds is 2. The summed E-state index contributed by atoms with van der Waals surface area (Å²) in [4.78, 5) is 2.46. The molecule has 1 aliphatic heterocycles. The molecule has 0 unspecified atom stereocenters. The van der Waals surface area contributed by atoms with Crippen molar-refractivity contribution >= 4 is 11.4 Å². The Morgan fingerprint density at radius 1 is 1.31 bits per heavy atom. The molecule has 1 aromatic carbocycles. The van der Waals surface area contributed by atoms with E-state index < -0.39 is 0 Å². The molecule has 0 amide bonds. The summed E-state index contributed by atoms with van der Waals surface area (Å²) in [5.74, 6) is 0.930. The minimum absolute atomic E-state index is 0.912. The molecule has 1 aliphatic rings. The average Bonchev–Trinajstić information content (AvgIpc) is 2.33. The van der Waals surface area contributed by atoms with Gasteiger partial charge in [-0.1, -0.05) is 19.4 Å². The van der Waals surface area contributed by atoms with Crippen LogP contribution in [0, 0.1) is 12.8 Å². The molecule has 1 aromatic rings. The van der Waals surface area contributed by atoms with Crippen LogP contribution >= 0.6 is 0 Å². The summed E-state index contributed by atoms with van der Waals surface area (Å²) in [7, 11) is 0. The summed E-state index contributed by atoms with van der Waals surface area (Å²) < 4.78 is 0. The van der Waals surface area contributed by atoms with E-state index in [9.17, 15) is 0 Å². The van der Waals surface area contributed by atoms with Crippen LogP contribution in [0.15, 0.2) is 18.2 Å². The lowest BCUT2D eigenvalue weighted by Gasteiger charge is -2.33. The van der Waals surface area contributed by atoms with Crippen LogP contribution in [-0.4, -0.2) is 13.1 Å². The largest absolute Gasteiger partial charge is 0.398 e. The van der Waals surface area contributed by atoms with E-state index >= 15 is 0 Å². The summed E-state index contributed by atoms with van der Waals surface area (Å²) >= 11 is 0. The average molecular weight is 218 g/mol. The third-order valence-electron chi connectivity index (χ3n) is 3.82. The fourth-order valence-electron chi connectivity index (χ4n) is 2.42. The Labute approximate surface area is 98.4 Å². The lowest BCUT2D eigenvalue weighted by atomic mass is 9.94. The molecule has 2 rings (SSSR count). The molecule has 1 saturated heterocycles. The molecule has 2 heteroatoms. The van der Waals surface area contributed by atoms with Crippen LogP contribution in [0.2, 0.25) is 0 Å². The van der Waals surface area contributed by atoms with E-state index in [1.165, 1.54) is 43.6 Å². The van der Waals surface area contributed by atoms with Crippen molar-refractivity contribution in [1.29, 1.82) is 0 Å². The summed E-state index contributed by atoms with van der Waals surface area (Å²) in [6.45, 7) is 6.72. The Kier molecular flexibility index (Phi) is 3.37. The van der Waals surface area contributed by atoms with Crippen molar-refractivity contribution in [2.75, 3.05) is 23.7 Å². The maximum absolute atomic E-state index is 5.95. The van der Waals surface area contributed by atoms with Crippen LogP contribution < -0.4 is 10.6 Å². The van der Waals surface area contributed by atoms with Crippen molar-refractivity contribution in [3.8, 4) is 0 Å². The highest BCUT2D eigenvalue weighted by Gasteiger charge is 2.18. The third-order valence-corrected chi connectivity index (χ3v) is 3.82. The van der Waals surface area contributed by atoms with Gasteiger partial charge in [0.15, 0.2) is 0 Å². The molecule has 0 aromatic heterocycles. The standard InChI is InChI=1S/C14H22N2/c1-3-12-6-8-16(9-7-12)13-5-4-11(2)14(15)10-13/h4-5,10,12H,3,6-9,15H2,1-2H3. The van der Waals surface area contributed by atoms with Crippen molar-refractivity contribution in [2.45, 2.75) is 33.1 Å². The van der Waals surface area contributed by atoms with Gasteiger partial charge in [0.2, 0.25) is 0 Å². The van der Waals surface area contributed by atoms with E-state index in [1.807, 2.05) is 0 Å². The van der Waals surface area contributed by atoms with Gasteiger partial charge < -0.3 is 10.6 Å². The van der Waals surface area contributed by atoms with E-state index in [-0.39, 0.29) is 0 Å². The van der Waals surface area contributed by atoms with Gasteiger partial charge in [-0.05, 0) is 43.4 Å². The van der Waals surface area contributed by atoms with Gasteiger partial charge in [-0.3, -0.25) is 0 Å². The second kappa shape index (κ2) is 4.77. The van der Waals surface area contributed by atoms with E-state index in [0.29, 0.717) is 0 Å². The molecule has 0 bridgehead atoms. The maximum Gasteiger partial charge on any atom is 0.0387 e. The first-order valence-corrected chi connectivity index (χ1v) is 6.31. The Bertz CT molecular complexity index is 352. The summed E-state index contributed by atoms with van der Waals surface area (Å²) in [6, 6.07) is 6.43. The van der Waals surface area contributed by atoms with Gasteiger partial charge in [-0.15, -0.1) is 0 Å². The zero-order valence-electron chi connectivity index (χ0n) is 10.4. The number of piperidine rings is 1. The first kappa shape index (κ1) is 11.3. The number of nitrogen functional groups attached to an aromatic ring is 1. The number of nitrogens with two attached hydrogens (primary N) is 1. The molecule has 88 valence electrons. The molecular formula is C14H22N2. The third kappa shape index (κ3) is 2.31. The lowest BCUT2D eigenvalue weighted by molar-refractivity contribution is 0.395. The quantitative estimate of drug-likeness (QED) is 0.772. The maximum atomic E-state index is 5.95. The molecule has 0 saturated carbocycles. The van der Waals surface area contributed by atoms with Crippen molar-refractivity contribution in [3.05, 3.63) is 23.8 Å². The molecule has 0 atom stereocenters. The predicted molar refractivity (Wildman–Crippen MR) is 70.8 cm³/mol. The van der Waals surface area contributed by atoms with Gasteiger partial charge in [0.25, 0.3) is 0 Å². The number of hydrogen-bond donors (Lipinski definition) is 1. The van der Waals surface area contributed by atoms with E-state index in [0.717, 1.165) is 11.6 Å². The zero-order valence-corrected chi connectivity index (χ0v) is 10.4. The number of benzene rings is 1. The van der Waals surface area contributed by atoms with Crippen LogP contribution in [0.3, 0.4) is 0 Å². The number of aryl methyl sites for hydroxylation is 1. The van der Waals surface area contributed by atoms with Crippen molar-refractivity contribution in [2.24, 2.45) is 5.92 Å². The first-order valence-electron chi connectivity index (χ1n) is 6.31. The molecule has 1 fully saturated rings. The first-order chi connectivity index (χ1) is 7.70. The molecule has 0 aliphatic carbocycles. The highest BCUT2D eigenvalue weighted by atomic mass is 15.1. The summed E-state index contributed by atoms with van der Waals surface area (Å²) in [6.07, 6.45) is 3.97. The Hall–Kier alpha value is -1.18. The minimum Gasteiger partial charge on any atom is -0.398 e. The van der Waals surface area contributed by atoms with E-state index in [4.69, 9.17) is 5.73 Å². The second-order valence-corrected chi connectivity index (χ2v) is 4.88. The van der Waals surface area contributed by atoms with E-state index in [2.05, 4.69) is 36.9 Å². The molecule has 0 radical (unpaired) electrons. The fourth-order valence-corrected chi connectivity index (χ4v) is 2.42. The molecule has 2 nitrogen and oxygen atoms in total. The molecule has 1 heterocycles. The number of anilines is 2. The minimum atomic E-state index is 0.912. The van der Waals surface area contributed by atoms with Crippen molar-refractivity contribution < 1.29 is 0 Å². The van der Waals surface area contributed by atoms with Gasteiger partial charge >= 0.3 is 0 Å². The van der Waals surface area contributed by atoms with Gasteiger partial charge in [-0.25, -0.2) is 0 Å². The second-order valence-electron chi connectivity index (χ2n) is 4.88. The van der Waals surface area contributed by atoms with Crippen LogP contribution in [0.25, 0.3) is 0 Å². The Morgan fingerprint density at radius 3 is 2.56 bits per heavy atom. The SMILES string of the molecule is CCC1CCN(c2ccc(C)c(N)c2)CC1. The van der Waals surface area contributed by atoms with Crippen LogP contribution in [-0.2, 0) is 0 Å². The monoisotopic (exact) mass is 218 g/mol. The van der Waals surface area contributed by atoms with Gasteiger partial charge in [-0.2, -0.15) is 0 Å². The normalized spacial score (nSPS) is 17.8.